The second-order valence-electron chi connectivity index (χ2n) is 8.75. The average Bonchev–Trinajstić information content (AvgIpc) is 3.31. The maximum atomic E-state index is 14.8. The zero-order valence-electron chi connectivity index (χ0n) is 18.7. The number of carbonyl (C=O) groups excluding carboxylic acids is 1. The number of nitrogens with one attached hydrogen (secondary N) is 2. The quantitative estimate of drug-likeness (QED) is 0.385. The van der Waals surface area contributed by atoms with Crippen molar-refractivity contribution in [1.29, 1.82) is 0 Å². The van der Waals surface area contributed by atoms with E-state index in [-0.39, 0.29) is 36.4 Å². The Bertz CT molecular complexity index is 1420. The molecule has 35 heavy (non-hydrogen) atoms. The molecule has 0 spiro atoms. The largest absolute Gasteiger partial charge is 0.401 e. The fourth-order valence-electron chi connectivity index (χ4n) is 3.97. The third-order valence-electron chi connectivity index (χ3n) is 6.10. The van der Waals surface area contributed by atoms with Crippen molar-refractivity contribution in [2.75, 3.05) is 24.3 Å². The molecule has 1 aromatic carbocycles. The van der Waals surface area contributed by atoms with Crippen LogP contribution in [0.2, 0.25) is 0 Å². The van der Waals surface area contributed by atoms with Crippen molar-refractivity contribution in [2.24, 2.45) is 0 Å². The molecule has 0 radical (unpaired) electrons. The predicted octanol–water partition coefficient (Wildman–Crippen LogP) is 4.59. The van der Waals surface area contributed by atoms with Crippen LogP contribution in [0.5, 0.6) is 0 Å². The van der Waals surface area contributed by atoms with Crippen LogP contribution < -0.4 is 10.2 Å². The number of nitrogens with zero attached hydrogens (tertiary/aromatic N) is 4. The van der Waals surface area contributed by atoms with Gasteiger partial charge in [-0.15, -0.1) is 0 Å². The van der Waals surface area contributed by atoms with Crippen molar-refractivity contribution in [3.63, 3.8) is 0 Å². The van der Waals surface area contributed by atoms with Crippen LogP contribution in [0.1, 0.15) is 24.2 Å². The number of amides is 1. The highest BCUT2D eigenvalue weighted by Gasteiger charge is 2.66. The lowest BCUT2D eigenvalue weighted by molar-refractivity contribution is -0.165. The van der Waals surface area contributed by atoms with Crippen LogP contribution >= 0.6 is 0 Å². The SMILES string of the molecule is CN(C)c1n[nH]c2ncc(-c3ccc(CC(=O)Nc4cc(C5(C(F)(F)F)CC5)on4)c(F)c3)cc12. The zero-order valence-corrected chi connectivity index (χ0v) is 18.7. The number of pyridine rings is 1. The molecule has 12 heteroatoms. The first kappa shape index (κ1) is 22.8. The van der Waals surface area contributed by atoms with Crippen molar-refractivity contribution in [2.45, 2.75) is 30.9 Å². The van der Waals surface area contributed by atoms with Crippen LogP contribution in [0.4, 0.5) is 29.2 Å². The van der Waals surface area contributed by atoms with Crippen molar-refractivity contribution in [3.8, 4) is 11.1 Å². The molecule has 0 bridgehead atoms. The minimum absolute atomic E-state index is 0.0872. The molecule has 0 aliphatic heterocycles. The van der Waals surface area contributed by atoms with Crippen LogP contribution in [0.3, 0.4) is 0 Å². The first-order valence-electron chi connectivity index (χ1n) is 10.7. The van der Waals surface area contributed by atoms with E-state index in [9.17, 15) is 22.4 Å². The summed E-state index contributed by atoms with van der Waals surface area (Å²) in [6.07, 6.45) is -3.37. The van der Waals surface area contributed by atoms with Crippen LogP contribution in [-0.2, 0) is 16.6 Å². The van der Waals surface area contributed by atoms with Gasteiger partial charge < -0.3 is 14.7 Å². The number of anilines is 2. The summed E-state index contributed by atoms with van der Waals surface area (Å²) in [5.41, 5.74) is -0.0759. The third-order valence-corrected chi connectivity index (χ3v) is 6.10. The summed E-state index contributed by atoms with van der Waals surface area (Å²) in [6.45, 7) is 0. The summed E-state index contributed by atoms with van der Waals surface area (Å²) in [7, 11) is 3.70. The number of halogens is 4. The lowest BCUT2D eigenvalue weighted by atomic mass is 10.0. The molecule has 8 nitrogen and oxygen atoms in total. The monoisotopic (exact) mass is 488 g/mol. The lowest BCUT2D eigenvalue weighted by Gasteiger charge is -2.14. The molecule has 4 aromatic rings. The fraction of sp³-hybridized carbons (Fsp3) is 0.304. The van der Waals surface area contributed by atoms with Crippen molar-refractivity contribution >= 4 is 28.6 Å². The smallest absolute Gasteiger partial charge is 0.361 e. The molecule has 1 aliphatic carbocycles. The summed E-state index contributed by atoms with van der Waals surface area (Å²) in [5, 5.41) is 13.7. The van der Waals surface area contributed by atoms with Gasteiger partial charge in [-0.2, -0.15) is 18.3 Å². The average molecular weight is 488 g/mol. The van der Waals surface area contributed by atoms with E-state index in [2.05, 4.69) is 25.7 Å². The van der Waals surface area contributed by atoms with Gasteiger partial charge in [0.1, 0.15) is 11.2 Å². The van der Waals surface area contributed by atoms with Gasteiger partial charge in [-0.3, -0.25) is 9.89 Å². The molecule has 1 aliphatic rings. The number of hydrogen-bond acceptors (Lipinski definition) is 6. The Kier molecular flexibility index (Phi) is 5.26. The molecular weight excluding hydrogens is 468 g/mol. The standard InChI is InChI=1S/C23H20F4N6O2/c1-33(2)21-15-7-14(11-28-20(15)30-31-21)12-3-4-13(16(24)8-12)9-19(34)29-18-10-17(35-32-18)22(5-6-22)23(25,26)27/h3-4,7-8,10-11H,5-6,9H2,1-2H3,(H,28,30,31)(H,29,32,34). The van der Waals surface area contributed by atoms with Crippen molar-refractivity contribution in [3.05, 3.63) is 53.7 Å². The molecule has 0 atom stereocenters. The van der Waals surface area contributed by atoms with Crippen LogP contribution in [0.15, 0.2) is 41.1 Å². The van der Waals surface area contributed by atoms with E-state index in [4.69, 9.17) is 4.52 Å². The number of carbonyl (C=O) groups is 1. The highest BCUT2D eigenvalue weighted by molar-refractivity contribution is 5.92. The molecule has 0 saturated heterocycles. The summed E-state index contributed by atoms with van der Waals surface area (Å²) >= 11 is 0. The molecule has 182 valence electrons. The molecule has 0 unspecified atom stereocenters. The number of hydrogen-bond donors (Lipinski definition) is 2. The number of rotatable bonds is 6. The summed E-state index contributed by atoms with van der Waals surface area (Å²) in [5.74, 6) is -1.02. The van der Waals surface area contributed by atoms with Gasteiger partial charge in [0.05, 0.1) is 11.8 Å². The van der Waals surface area contributed by atoms with E-state index in [1.165, 1.54) is 12.1 Å². The van der Waals surface area contributed by atoms with Gasteiger partial charge >= 0.3 is 6.18 Å². The summed E-state index contributed by atoms with van der Waals surface area (Å²) < 4.78 is 59.3. The maximum Gasteiger partial charge on any atom is 0.401 e. The minimum Gasteiger partial charge on any atom is -0.361 e. The molecule has 2 N–H and O–H groups in total. The van der Waals surface area contributed by atoms with Crippen LogP contribution in [0.25, 0.3) is 22.2 Å². The Balaban J connectivity index is 1.30. The molecule has 5 rings (SSSR count). The topological polar surface area (TPSA) is 99.9 Å². The van der Waals surface area contributed by atoms with E-state index in [0.717, 1.165) is 11.5 Å². The predicted molar refractivity (Wildman–Crippen MR) is 119 cm³/mol. The Morgan fingerprint density at radius 2 is 1.97 bits per heavy atom. The van der Waals surface area contributed by atoms with E-state index in [1.807, 2.05) is 25.1 Å². The van der Waals surface area contributed by atoms with E-state index >= 15 is 0 Å². The van der Waals surface area contributed by atoms with Gasteiger partial charge in [-0.1, -0.05) is 17.3 Å². The Hall–Kier alpha value is -3.96. The number of fused-ring (bicyclic) bond motifs is 1. The first-order valence-corrected chi connectivity index (χ1v) is 10.7. The Morgan fingerprint density at radius 3 is 2.63 bits per heavy atom. The van der Waals surface area contributed by atoms with Gasteiger partial charge in [-0.05, 0) is 36.1 Å². The molecular formula is C23H20F4N6O2. The normalized spacial score (nSPS) is 14.8. The highest BCUT2D eigenvalue weighted by Crippen LogP contribution is 2.59. The maximum absolute atomic E-state index is 14.8. The molecule has 1 saturated carbocycles. The number of aromatic nitrogens is 4. The van der Waals surface area contributed by atoms with Gasteiger partial charge in [0.25, 0.3) is 0 Å². The lowest BCUT2D eigenvalue weighted by Crippen LogP contribution is -2.28. The molecule has 1 amide bonds. The molecule has 1 fully saturated rings. The van der Waals surface area contributed by atoms with Crippen molar-refractivity contribution < 1.29 is 26.9 Å². The fourth-order valence-corrected chi connectivity index (χ4v) is 3.97. The Morgan fingerprint density at radius 1 is 1.20 bits per heavy atom. The minimum atomic E-state index is -4.45. The summed E-state index contributed by atoms with van der Waals surface area (Å²) in [4.78, 5) is 18.5. The Labute approximate surface area is 196 Å². The first-order chi connectivity index (χ1) is 16.6. The zero-order chi connectivity index (χ0) is 25.0. The molecule has 3 heterocycles. The van der Waals surface area contributed by atoms with Crippen molar-refractivity contribution in [1.82, 2.24) is 20.3 Å². The second-order valence-corrected chi connectivity index (χ2v) is 8.75. The second kappa shape index (κ2) is 8.07. The number of alkyl halides is 3. The number of H-pyrrole nitrogens is 1. The highest BCUT2D eigenvalue weighted by atomic mass is 19.4. The summed E-state index contributed by atoms with van der Waals surface area (Å²) in [6, 6.07) is 7.36. The van der Waals surface area contributed by atoms with E-state index in [0.29, 0.717) is 22.6 Å². The number of aromatic amines is 1. The van der Waals surface area contributed by atoms with Gasteiger partial charge in [0, 0.05) is 31.9 Å². The number of benzene rings is 1. The van der Waals surface area contributed by atoms with Gasteiger partial charge in [0.2, 0.25) is 5.91 Å². The van der Waals surface area contributed by atoms with Gasteiger partial charge in [-0.25, -0.2) is 9.37 Å². The van der Waals surface area contributed by atoms with Crippen LogP contribution in [0, 0.1) is 5.82 Å². The van der Waals surface area contributed by atoms with E-state index < -0.39 is 23.3 Å². The molecule has 3 aromatic heterocycles. The van der Waals surface area contributed by atoms with Gasteiger partial charge in [0.15, 0.2) is 23.0 Å². The van der Waals surface area contributed by atoms with Crippen LogP contribution in [-0.4, -0.2) is 46.5 Å². The van der Waals surface area contributed by atoms with E-state index in [1.54, 1.807) is 12.3 Å². The third kappa shape index (κ3) is 4.08.